The van der Waals surface area contributed by atoms with Gasteiger partial charge in [-0.2, -0.15) is 0 Å². The maximum Gasteiger partial charge on any atom is 0.137 e. The van der Waals surface area contributed by atoms with Crippen LogP contribution in [0.1, 0.15) is 17.2 Å². The smallest absolute Gasteiger partial charge is 0.137 e. The number of nitrogens with two attached hydrogens (primary N) is 1. The fourth-order valence-corrected chi connectivity index (χ4v) is 3.39. The summed E-state index contributed by atoms with van der Waals surface area (Å²) in [7, 11) is 0. The van der Waals surface area contributed by atoms with Crippen LogP contribution in [-0.2, 0) is 6.42 Å². The first kappa shape index (κ1) is 15.4. The molecule has 0 fully saturated rings. The molecule has 0 aliphatic heterocycles. The van der Waals surface area contributed by atoms with Crippen molar-refractivity contribution in [3.05, 3.63) is 65.9 Å². The van der Waals surface area contributed by atoms with Crippen molar-refractivity contribution >= 4 is 54.5 Å². The molecular formula is C14H11Br2FIN. The first-order valence-electron chi connectivity index (χ1n) is 5.62. The quantitative estimate of drug-likeness (QED) is 0.579. The van der Waals surface area contributed by atoms with Crippen molar-refractivity contribution in [2.24, 2.45) is 5.73 Å². The summed E-state index contributed by atoms with van der Waals surface area (Å²) in [4.78, 5) is 0. The van der Waals surface area contributed by atoms with Gasteiger partial charge in [0.25, 0.3) is 0 Å². The monoisotopic (exact) mass is 497 g/mol. The molecule has 0 heterocycles. The van der Waals surface area contributed by atoms with Crippen molar-refractivity contribution in [2.75, 3.05) is 0 Å². The Balaban J connectivity index is 2.28. The number of hydrogen-bond acceptors (Lipinski definition) is 1. The molecule has 0 aliphatic rings. The summed E-state index contributed by atoms with van der Waals surface area (Å²) in [5.41, 5.74) is 8.19. The van der Waals surface area contributed by atoms with E-state index in [1.807, 2.05) is 24.3 Å². The van der Waals surface area contributed by atoms with Crippen LogP contribution < -0.4 is 5.73 Å². The van der Waals surface area contributed by atoms with Crippen LogP contribution in [0.25, 0.3) is 0 Å². The Bertz CT molecular complexity index is 604. The van der Waals surface area contributed by atoms with E-state index in [0.29, 0.717) is 10.9 Å². The van der Waals surface area contributed by atoms with Gasteiger partial charge in [0.05, 0.1) is 4.47 Å². The van der Waals surface area contributed by atoms with E-state index >= 15 is 0 Å². The van der Waals surface area contributed by atoms with E-state index in [0.717, 1.165) is 19.2 Å². The van der Waals surface area contributed by atoms with Crippen LogP contribution in [0.5, 0.6) is 0 Å². The highest BCUT2D eigenvalue weighted by molar-refractivity contribution is 14.1. The highest BCUT2D eigenvalue weighted by Crippen LogP contribution is 2.28. The molecule has 2 rings (SSSR count). The molecule has 0 saturated carbocycles. The summed E-state index contributed by atoms with van der Waals surface area (Å²) in [6, 6.07) is 10.9. The highest BCUT2D eigenvalue weighted by Gasteiger charge is 2.14. The lowest BCUT2D eigenvalue weighted by atomic mass is 10.00. The third-order valence-electron chi connectivity index (χ3n) is 2.83. The van der Waals surface area contributed by atoms with Gasteiger partial charge < -0.3 is 5.73 Å². The third kappa shape index (κ3) is 3.77. The zero-order valence-corrected chi connectivity index (χ0v) is 15.2. The van der Waals surface area contributed by atoms with Gasteiger partial charge in [0.1, 0.15) is 5.82 Å². The summed E-state index contributed by atoms with van der Waals surface area (Å²) in [5, 5.41) is 0. The van der Waals surface area contributed by atoms with Gasteiger partial charge in [-0.3, -0.25) is 0 Å². The van der Waals surface area contributed by atoms with Crippen molar-refractivity contribution in [3.63, 3.8) is 0 Å². The molecule has 2 aromatic carbocycles. The second-order valence-corrected chi connectivity index (χ2v) is 7.06. The van der Waals surface area contributed by atoms with E-state index in [1.54, 1.807) is 6.07 Å². The molecule has 2 N–H and O–H groups in total. The van der Waals surface area contributed by atoms with Crippen LogP contribution in [0.15, 0.2) is 45.3 Å². The van der Waals surface area contributed by atoms with Crippen LogP contribution in [0.2, 0.25) is 0 Å². The van der Waals surface area contributed by atoms with Crippen molar-refractivity contribution in [1.29, 1.82) is 0 Å². The average Bonchev–Trinajstić information content (AvgIpc) is 2.38. The molecule has 0 saturated heterocycles. The first-order chi connectivity index (χ1) is 8.99. The van der Waals surface area contributed by atoms with Gasteiger partial charge >= 0.3 is 0 Å². The van der Waals surface area contributed by atoms with Crippen LogP contribution in [0.4, 0.5) is 4.39 Å². The predicted molar refractivity (Wildman–Crippen MR) is 91.6 cm³/mol. The van der Waals surface area contributed by atoms with E-state index in [-0.39, 0.29) is 11.9 Å². The molecule has 1 atom stereocenters. The second-order valence-electron chi connectivity index (χ2n) is 4.19. The molecule has 19 heavy (non-hydrogen) atoms. The molecule has 2 aromatic rings. The minimum absolute atomic E-state index is 0.164. The maximum atomic E-state index is 13.5. The van der Waals surface area contributed by atoms with Crippen LogP contribution in [0.3, 0.4) is 0 Å². The van der Waals surface area contributed by atoms with Crippen LogP contribution >= 0.6 is 54.5 Å². The maximum absolute atomic E-state index is 13.5. The highest BCUT2D eigenvalue weighted by atomic mass is 127. The van der Waals surface area contributed by atoms with E-state index in [9.17, 15) is 4.39 Å². The number of benzene rings is 2. The van der Waals surface area contributed by atoms with Crippen molar-refractivity contribution in [3.8, 4) is 0 Å². The number of rotatable bonds is 3. The molecule has 1 nitrogen and oxygen atoms in total. The fourth-order valence-electron chi connectivity index (χ4n) is 1.85. The predicted octanol–water partition coefficient (Wildman–Crippen LogP) is 5.20. The molecule has 0 amide bonds. The Morgan fingerprint density at radius 1 is 1.21 bits per heavy atom. The largest absolute Gasteiger partial charge is 0.324 e. The van der Waals surface area contributed by atoms with Gasteiger partial charge in [-0.15, -0.1) is 0 Å². The lowest BCUT2D eigenvalue weighted by molar-refractivity contribution is 0.614. The lowest BCUT2D eigenvalue weighted by Crippen LogP contribution is -2.15. The van der Waals surface area contributed by atoms with E-state index < -0.39 is 0 Å². The third-order valence-corrected chi connectivity index (χ3v) is 5.19. The van der Waals surface area contributed by atoms with Crippen molar-refractivity contribution in [1.82, 2.24) is 0 Å². The summed E-state index contributed by atoms with van der Waals surface area (Å²) in [5.74, 6) is -0.256. The summed E-state index contributed by atoms with van der Waals surface area (Å²) >= 11 is 8.98. The lowest BCUT2D eigenvalue weighted by Gasteiger charge is -2.15. The topological polar surface area (TPSA) is 26.0 Å². The normalized spacial score (nSPS) is 12.5. The average molecular weight is 499 g/mol. The van der Waals surface area contributed by atoms with E-state index in [4.69, 9.17) is 5.73 Å². The molecule has 100 valence electrons. The summed E-state index contributed by atoms with van der Waals surface area (Å²) < 4.78 is 16.1. The fraction of sp³-hybridized carbons (Fsp3) is 0.143. The Hall–Kier alpha value is 0.0200. The van der Waals surface area contributed by atoms with Crippen molar-refractivity contribution in [2.45, 2.75) is 12.5 Å². The molecule has 0 aliphatic carbocycles. The molecule has 0 aromatic heterocycles. The van der Waals surface area contributed by atoms with Crippen LogP contribution in [-0.4, -0.2) is 0 Å². The van der Waals surface area contributed by atoms with Crippen molar-refractivity contribution < 1.29 is 4.39 Å². The van der Waals surface area contributed by atoms with Gasteiger partial charge in [0, 0.05) is 14.1 Å². The van der Waals surface area contributed by atoms with Gasteiger partial charge in [-0.05, 0) is 80.3 Å². The Morgan fingerprint density at radius 3 is 2.68 bits per heavy atom. The minimum atomic E-state index is -0.256. The molecule has 5 heteroatoms. The summed E-state index contributed by atoms with van der Waals surface area (Å²) in [6.45, 7) is 0. The standard InChI is InChI=1S/C14H11Br2FIN/c15-9-4-5-12(18)10(7-9)13(19)6-8-2-1-3-11(17)14(8)16/h1-5,7,13H,6,19H2. The molecule has 0 spiro atoms. The zero-order chi connectivity index (χ0) is 14.0. The molecule has 0 bridgehead atoms. The zero-order valence-electron chi connectivity index (χ0n) is 9.84. The second kappa shape index (κ2) is 6.65. The number of hydrogen-bond donors (Lipinski definition) is 1. The molecule has 0 radical (unpaired) electrons. The SMILES string of the molecule is NC(Cc1cccc(F)c1Br)c1cc(Br)ccc1I. The van der Waals surface area contributed by atoms with Gasteiger partial charge in [0.2, 0.25) is 0 Å². The molecular weight excluding hydrogens is 488 g/mol. The first-order valence-corrected chi connectivity index (χ1v) is 8.29. The Kier molecular flexibility index (Phi) is 5.39. The van der Waals surface area contributed by atoms with E-state index in [2.05, 4.69) is 54.5 Å². The minimum Gasteiger partial charge on any atom is -0.324 e. The van der Waals surface area contributed by atoms with Crippen LogP contribution in [0, 0.1) is 9.39 Å². The van der Waals surface area contributed by atoms with E-state index in [1.165, 1.54) is 6.07 Å². The van der Waals surface area contributed by atoms with Gasteiger partial charge in [0.15, 0.2) is 0 Å². The number of halogens is 4. The Labute approximate surface area is 142 Å². The Morgan fingerprint density at radius 2 is 1.95 bits per heavy atom. The van der Waals surface area contributed by atoms with Gasteiger partial charge in [-0.25, -0.2) is 4.39 Å². The van der Waals surface area contributed by atoms with Gasteiger partial charge in [-0.1, -0.05) is 28.1 Å². The molecule has 1 unspecified atom stereocenters. The summed E-state index contributed by atoms with van der Waals surface area (Å²) in [6.07, 6.45) is 0.588.